The van der Waals surface area contributed by atoms with Gasteiger partial charge in [0.15, 0.2) is 0 Å². The zero-order valence-corrected chi connectivity index (χ0v) is 10.8. The predicted molar refractivity (Wildman–Crippen MR) is 66.0 cm³/mol. The molecule has 0 aromatic rings. The van der Waals surface area contributed by atoms with Crippen LogP contribution in [-0.4, -0.2) is 61.7 Å². The molecule has 1 N–H and O–H groups in total. The van der Waals surface area contributed by atoms with E-state index in [0.29, 0.717) is 12.0 Å². The van der Waals surface area contributed by atoms with Gasteiger partial charge in [0.1, 0.15) is 0 Å². The summed E-state index contributed by atoms with van der Waals surface area (Å²) in [6.45, 7) is 7.41. The van der Waals surface area contributed by atoms with Gasteiger partial charge >= 0.3 is 0 Å². The van der Waals surface area contributed by atoms with Crippen molar-refractivity contribution in [1.29, 1.82) is 0 Å². The molecule has 0 aromatic heterocycles. The second kappa shape index (κ2) is 6.69. The zero-order chi connectivity index (χ0) is 12.1. The van der Waals surface area contributed by atoms with E-state index in [1.54, 1.807) is 0 Å². The van der Waals surface area contributed by atoms with E-state index in [1.807, 2.05) is 6.92 Å². The summed E-state index contributed by atoms with van der Waals surface area (Å²) in [6.07, 6.45) is 3.60. The lowest BCUT2D eigenvalue weighted by atomic mass is 10.0. The fraction of sp³-hybridized carbons (Fsp3) is 1.00. The molecule has 100 valence electrons. The Bertz CT molecular complexity index is 217. The van der Waals surface area contributed by atoms with Crippen LogP contribution < -0.4 is 0 Å². The first-order valence-electron chi connectivity index (χ1n) is 6.85. The molecule has 3 unspecified atom stereocenters. The molecule has 2 aliphatic rings. The van der Waals surface area contributed by atoms with Crippen molar-refractivity contribution in [3.8, 4) is 0 Å². The molecule has 4 nitrogen and oxygen atoms in total. The minimum absolute atomic E-state index is 0.173. The molecule has 0 bridgehead atoms. The third-order valence-corrected chi connectivity index (χ3v) is 3.87. The molecule has 0 radical (unpaired) electrons. The van der Waals surface area contributed by atoms with Crippen LogP contribution in [0, 0.1) is 5.92 Å². The van der Waals surface area contributed by atoms with Crippen molar-refractivity contribution in [2.45, 2.75) is 38.4 Å². The minimum Gasteiger partial charge on any atom is -0.393 e. The van der Waals surface area contributed by atoms with Gasteiger partial charge in [-0.15, -0.1) is 0 Å². The quantitative estimate of drug-likeness (QED) is 0.703. The Morgan fingerprint density at radius 1 is 1.47 bits per heavy atom. The van der Waals surface area contributed by atoms with Gasteiger partial charge in [0.05, 0.1) is 25.4 Å². The van der Waals surface area contributed by atoms with E-state index in [1.165, 1.54) is 6.42 Å². The molecule has 0 amide bonds. The highest BCUT2D eigenvalue weighted by atomic mass is 16.5. The summed E-state index contributed by atoms with van der Waals surface area (Å²) >= 11 is 0. The summed E-state index contributed by atoms with van der Waals surface area (Å²) in [4.78, 5) is 2.38. The number of rotatable bonds is 6. The monoisotopic (exact) mass is 243 g/mol. The molecule has 2 heterocycles. The van der Waals surface area contributed by atoms with Crippen molar-refractivity contribution < 1.29 is 14.6 Å². The van der Waals surface area contributed by atoms with E-state index in [2.05, 4.69) is 4.90 Å². The first-order chi connectivity index (χ1) is 8.25. The standard InChI is InChI=1S/C13H25NO3/c1-11(15)12-4-5-14(9-12)6-8-16-10-13-3-2-7-17-13/h11-13,15H,2-10H2,1H3. The Morgan fingerprint density at radius 3 is 3.00 bits per heavy atom. The van der Waals surface area contributed by atoms with E-state index in [9.17, 15) is 5.11 Å². The molecule has 2 saturated heterocycles. The molecule has 2 aliphatic heterocycles. The van der Waals surface area contributed by atoms with Crippen LogP contribution in [-0.2, 0) is 9.47 Å². The molecular weight excluding hydrogens is 218 g/mol. The average Bonchev–Trinajstić information content (AvgIpc) is 2.96. The van der Waals surface area contributed by atoms with E-state index in [-0.39, 0.29) is 6.10 Å². The first-order valence-corrected chi connectivity index (χ1v) is 6.85. The van der Waals surface area contributed by atoms with Crippen molar-refractivity contribution >= 4 is 0 Å². The molecule has 0 spiro atoms. The summed E-state index contributed by atoms with van der Waals surface area (Å²) in [5, 5.41) is 9.51. The van der Waals surface area contributed by atoms with Crippen LogP contribution in [0.4, 0.5) is 0 Å². The van der Waals surface area contributed by atoms with Crippen molar-refractivity contribution in [2.24, 2.45) is 5.92 Å². The van der Waals surface area contributed by atoms with Gasteiger partial charge in [-0.05, 0) is 38.6 Å². The molecule has 3 atom stereocenters. The highest BCUT2D eigenvalue weighted by molar-refractivity contribution is 4.78. The number of ether oxygens (including phenoxy) is 2. The van der Waals surface area contributed by atoms with Crippen LogP contribution in [0.15, 0.2) is 0 Å². The predicted octanol–water partition coefficient (Wildman–Crippen LogP) is 0.885. The highest BCUT2D eigenvalue weighted by Gasteiger charge is 2.25. The lowest BCUT2D eigenvalue weighted by Crippen LogP contribution is -2.28. The maximum Gasteiger partial charge on any atom is 0.0809 e. The van der Waals surface area contributed by atoms with Gasteiger partial charge in [-0.3, -0.25) is 0 Å². The van der Waals surface area contributed by atoms with Crippen LogP contribution in [0.1, 0.15) is 26.2 Å². The summed E-state index contributed by atoms with van der Waals surface area (Å²) in [5.74, 6) is 0.452. The van der Waals surface area contributed by atoms with Crippen molar-refractivity contribution in [1.82, 2.24) is 4.90 Å². The van der Waals surface area contributed by atoms with Gasteiger partial charge < -0.3 is 19.5 Å². The third kappa shape index (κ3) is 4.21. The van der Waals surface area contributed by atoms with Crippen LogP contribution in [0.3, 0.4) is 0 Å². The SMILES string of the molecule is CC(O)C1CCN(CCOCC2CCCO2)C1. The van der Waals surface area contributed by atoms with Crippen LogP contribution in [0.2, 0.25) is 0 Å². The largest absolute Gasteiger partial charge is 0.393 e. The maximum atomic E-state index is 9.51. The van der Waals surface area contributed by atoms with Crippen LogP contribution in [0.5, 0.6) is 0 Å². The lowest BCUT2D eigenvalue weighted by Gasteiger charge is -2.18. The topological polar surface area (TPSA) is 41.9 Å². The number of aliphatic hydroxyl groups is 1. The third-order valence-electron chi connectivity index (χ3n) is 3.87. The zero-order valence-electron chi connectivity index (χ0n) is 10.8. The van der Waals surface area contributed by atoms with Gasteiger partial charge in [-0.2, -0.15) is 0 Å². The smallest absolute Gasteiger partial charge is 0.0809 e. The highest BCUT2D eigenvalue weighted by Crippen LogP contribution is 2.19. The van der Waals surface area contributed by atoms with Gasteiger partial charge in [-0.25, -0.2) is 0 Å². The van der Waals surface area contributed by atoms with Crippen LogP contribution >= 0.6 is 0 Å². The number of hydrogen-bond donors (Lipinski definition) is 1. The first kappa shape index (κ1) is 13.3. The average molecular weight is 243 g/mol. The van der Waals surface area contributed by atoms with E-state index in [4.69, 9.17) is 9.47 Å². The Morgan fingerprint density at radius 2 is 2.35 bits per heavy atom. The second-order valence-corrected chi connectivity index (χ2v) is 5.30. The number of nitrogens with zero attached hydrogens (tertiary/aromatic N) is 1. The molecular formula is C13H25NO3. The fourth-order valence-corrected chi connectivity index (χ4v) is 2.64. The Balaban J connectivity index is 1.51. The van der Waals surface area contributed by atoms with E-state index >= 15 is 0 Å². The van der Waals surface area contributed by atoms with E-state index < -0.39 is 0 Å². The second-order valence-electron chi connectivity index (χ2n) is 5.30. The molecule has 0 aromatic carbocycles. The van der Waals surface area contributed by atoms with Gasteiger partial charge in [0.2, 0.25) is 0 Å². The Kier molecular flexibility index (Phi) is 5.22. The number of hydrogen-bond acceptors (Lipinski definition) is 4. The molecule has 0 saturated carbocycles. The Hall–Kier alpha value is -0.160. The van der Waals surface area contributed by atoms with Gasteiger partial charge in [0, 0.05) is 19.7 Å². The maximum absolute atomic E-state index is 9.51. The minimum atomic E-state index is -0.173. The summed E-state index contributed by atoms with van der Waals surface area (Å²) < 4.78 is 11.1. The normalized spacial score (nSPS) is 32.1. The summed E-state index contributed by atoms with van der Waals surface area (Å²) in [6, 6.07) is 0. The Labute approximate surface area is 104 Å². The number of likely N-dealkylation sites (tertiary alicyclic amines) is 1. The van der Waals surface area contributed by atoms with E-state index in [0.717, 1.165) is 52.3 Å². The fourth-order valence-electron chi connectivity index (χ4n) is 2.64. The van der Waals surface area contributed by atoms with Crippen molar-refractivity contribution in [3.05, 3.63) is 0 Å². The molecule has 4 heteroatoms. The van der Waals surface area contributed by atoms with Crippen LogP contribution in [0.25, 0.3) is 0 Å². The molecule has 0 aliphatic carbocycles. The summed E-state index contributed by atoms with van der Waals surface area (Å²) in [5.41, 5.74) is 0. The lowest BCUT2D eigenvalue weighted by molar-refractivity contribution is 0.0113. The van der Waals surface area contributed by atoms with Gasteiger partial charge in [-0.1, -0.05) is 0 Å². The molecule has 2 fully saturated rings. The van der Waals surface area contributed by atoms with Gasteiger partial charge in [0.25, 0.3) is 0 Å². The summed E-state index contributed by atoms with van der Waals surface area (Å²) in [7, 11) is 0. The molecule has 17 heavy (non-hydrogen) atoms. The van der Waals surface area contributed by atoms with Crippen molar-refractivity contribution in [2.75, 3.05) is 39.5 Å². The number of aliphatic hydroxyl groups excluding tert-OH is 1. The molecule has 2 rings (SSSR count). The van der Waals surface area contributed by atoms with Crippen molar-refractivity contribution in [3.63, 3.8) is 0 Å².